The molecular weight excluding hydrogens is 190 g/mol. The van der Waals surface area contributed by atoms with Crippen molar-refractivity contribution in [2.45, 2.75) is 32.4 Å². The van der Waals surface area contributed by atoms with Crippen LogP contribution in [0.5, 0.6) is 5.75 Å². The number of phenolic OH excluding ortho intramolecular Hbond substituents is 1. The zero-order valence-corrected chi connectivity index (χ0v) is 9.33. The summed E-state index contributed by atoms with van der Waals surface area (Å²) in [6, 6.07) is 7.11. The summed E-state index contributed by atoms with van der Waals surface area (Å²) >= 11 is 0. The zero-order chi connectivity index (χ0) is 11.3. The van der Waals surface area contributed by atoms with E-state index in [1.165, 1.54) is 0 Å². The number of benzene rings is 1. The van der Waals surface area contributed by atoms with E-state index in [-0.39, 0.29) is 5.75 Å². The SMILES string of the molecule is CCC(C)(O)CNCc1cccc(O)c1. The quantitative estimate of drug-likeness (QED) is 0.691. The van der Waals surface area contributed by atoms with Crippen LogP contribution in [-0.4, -0.2) is 22.4 Å². The third-order valence-corrected chi connectivity index (χ3v) is 2.51. The summed E-state index contributed by atoms with van der Waals surface area (Å²) in [7, 11) is 0. The molecule has 15 heavy (non-hydrogen) atoms. The van der Waals surface area contributed by atoms with Crippen LogP contribution in [0, 0.1) is 0 Å². The van der Waals surface area contributed by atoms with Gasteiger partial charge >= 0.3 is 0 Å². The summed E-state index contributed by atoms with van der Waals surface area (Å²) in [5, 5.41) is 22.1. The minimum Gasteiger partial charge on any atom is -0.508 e. The molecular formula is C12H19NO2. The van der Waals surface area contributed by atoms with Crippen molar-refractivity contribution in [3.63, 3.8) is 0 Å². The summed E-state index contributed by atoms with van der Waals surface area (Å²) in [4.78, 5) is 0. The molecule has 3 heteroatoms. The highest BCUT2D eigenvalue weighted by molar-refractivity contribution is 5.26. The summed E-state index contributed by atoms with van der Waals surface area (Å²) < 4.78 is 0. The molecule has 0 fully saturated rings. The van der Waals surface area contributed by atoms with Crippen LogP contribution >= 0.6 is 0 Å². The van der Waals surface area contributed by atoms with Gasteiger partial charge in [-0.3, -0.25) is 0 Å². The molecule has 1 rings (SSSR count). The zero-order valence-electron chi connectivity index (χ0n) is 9.33. The molecule has 3 N–H and O–H groups in total. The molecule has 0 saturated heterocycles. The highest BCUT2D eigenvalue weighted by Gasteiger charge is 2.16. The Morgan fingerprint density at radius 3 is 2.73 bits per heavy atom. The van der Waals surface area contributed by atoms with Crippen LogP contribution in [0.15, 0.2) is 24.3 Å². The molecule has 3 nitrogen and oxygen atoms in total. The van der Waals surface area contributed by atoms with E-state index in [4.69, 9.17) is 0 Å². The maximum Gasteiger partial charge on any atom is 0.115 e. The number of nitrogens with one attached hydrogen (secondary N) is 1. The van der Waals surface area contributed by atoms with E-state index in [0.717, 1.165) is 12.0 Å². The smallest absolute Gasteiger partial charge is 0.115 e. The van der Waals surface area contributed by atoms with Crippen molar-refractivity contribution in [1.29, 1.82) is 0 Å². The number of hydrogen-bond donors (Lipinski definition) is 3. The first-order valence-corrected chi connectivity index (χ1v) is 5.24. The maximum atomic E-state index is 9.74. The minimum atomic E-state index is -0.656. The molecule has 0 aromatic heterocycles. The van der Waals surface area contributed by atoms with Crippen LogP contribution in [0.4, 0.5) is 0 Å². The second kappa shape index (κ2) is 5.14. The molecule has 1 aromatic rings. The van der Waals surface area contributed by atoms with Gasteiger partial charge in [-0.25, -0.2) is 0 Å². The van der Waals surface area contributed by atoms with Crippen LogP contribution in [0.1, 0.15) is 25.8 Å². The molecule has 0 amide bonds. The standard InChI is InChI=1S/C12H19NO2/c1-3-12(2,15)9-13-8-10-5-4-6-11(14)7-10/h4-7,13-15H,3,8-9H2,1-2H3. The average molecular weight is 209 g/mol. The van der Waals surface area contributed by atoms with Gasteiger partial charge in [-0.2, -0.15) is 0 Å². The fourth-order valence-corrected chi connectivity index (χ4v) is 1.27. The minimum absolute atomic E-state index is 0.275. The lowest BCUT2D eigenvalue weighted by atomic mass is 10.0. The number of phenols is 1. The van der Waals surface area contributed by atoms with E-state index in [9.17, 15) is 10.2 Å². The fraction of sp³-hybridized carbons (Fsp3) is 0.500. The second-order valence-corrected chi connectivity index (χ2v) is 4.12. The van der Waals surface area contributed by atoms with Crippen LogP contribution < -0.4 is 5.32 Å². The van der Waals surface area contributed by atoms with Gasteiger partial charge in [0.1, 0.15) is 5.75 Å². The lowest BCUT2D eigenvalue weighted by Gasteiger charge is -2.21. The Morgan fingerprint density at radius 1 is 1.40 bits per heavy atom. The van der Waals surface area contributed by atoms with Gasteiger partial charge in [0.15, 0.2) is 0 Å². The predicted molar refractivity (Wildman–Crippen MR) is 60.7 cm³/mol. The highest BCUT2D eigenvalue weighted by Crippen LogP contribution is 2.11. The van der Waals surface area contributed by atoms with E-state index in [2.05, 4.69) is 5.32 Å². The van der Waals surface area contributed by atoms with Gasteiger partial charge in [-0.15, -0.1) is 0 Å². The van der Waals surface area contributed by atoms with Crippen molar-refractivity contribution in [3.8, 4) is 5.75 Å². The first-order chi connectivity index (χ1) is 7.03. The largest absolute Gasteiger partial charge is 0.508 e. The summed E-state index contributed by atoms with van der Waals surface area (Å²) in [6.45, 7) is 4.97. The van der Waals surface area contributed by atoms with Gasteiger partial charge in [0.2, 0.25) is 0 Å². The molecule has 1 aromatic carbocycles. The van der Waals surface area contributed by atoms with Gasteiger partial charge in [-0.05, 0) is 31.0 Å². The van der Waals surface area contributed by atoms with E-state index in [1.807, 2.05) is 26.0 Å². The van der Waals surface area contributed by atoms with Crippen molar-refractivity contribution in [2.24, 2.45) is 0 Å². The monoisotopic (exact) mass is 209 g/mol. The third kappa shape index (κ3) is 4.32. The van der Waals surface area contributed by atoms with Crippen LogP contribution in [-0.2, 0) is 6.54 Å². The second-order valence-electron chi connectivity index (χ2n) is 4.12. The van der Waals surface area contributed by atoms with Crippen LogP contribution in [0.2, 0.25) is 0 Å². The Morgan fingerprint density at radius 2 is 2.13 bits per heavy atom. The van der Waals surface area contributed by atoms with Gasteiger partial charge in [0, 0.05) is 13.1 Å². The Labute approximate surface area is 90.8 Å². The van der Waals surface area contributed by atoms with Gasteiger partial charge < -0.3 is 15.5 Å². The van der Waals surface area contributed by atoms with E-state index < -0.39 is 5.60 Å². The van der Waals surface area contributed by atoms with Gasteiger partial charge in [0.05, 0.1) is 5.60 Å². The average Bonchev–Trinajstić information content (AvgIpc) is 2.18. The summed E-state index contributed by atoms with van der Waals surface area (Å²) in [6.07, 6.45) is 0.722. The fourth-order valence-electron chi connectivity index (χ4n) is 1.27. The lowest BCUT2D eigenvalue weighted by Crippen LogP contribution is -2.36. The normalized spacial score (nSPS) is 14.9. The Bertz CT molecular complexity index is 310. The molecule has 0 aliphatic heterocycles. The third-order valence-electron chi connectivity index (χ3n) is 2.51. The topological polar surface area (TPSA) is 52.5 Å². The first kappa shape index (κ1) is 12.0. The number of hydrogen-bond acceptors (Lipinski definition) is 3. The highest BCUT2D eigenvalue weighted by atomic mass is 16.3. The van der Waals surface area contributed by atoms with Crippen molar-refractivity contribution < 1.29 is 10.2 Å². The predicted octanol–water partition coefficient (Wildman–Crippen LogP) is 1.64. The first-order valence-electron chi connectivity index (χ1n) is 5.24. The maximum absolute atomic E-state index is 9.74. The molecule has 1 unspecified atom stereocenters. The van der Waals surface area contributed by atoms with Crippen molar-refractivity contribution >= 4 is 0 Å². The van der Waals surface area contributed by atoms with Crippen molar-refractivity contribution in [1.82, 2.24) is 5.32 Å². The molecule has 0 aliphatic carbocycles. The van der Waals surface area contributed by atoms with E-state index in [0.29, 0.717) is 13.1 Å². The van der Waals surface area contributed by atoms with Gasteiger partial charge in [0.25, 0.3) is 0 Å². The van der Waals surface area contributed by atoms with E-state index in [1.54, 1.807) is 12.1 Å². The molecule has 0 heterocycles. The molecule has 0 saturated carbocycles. The summed E-state index contributed by atoms with van der Waals surface area (Å²) in [5.74, 6) is 0.275. The molecule has 84 valence electrons. The van der Waals surface area contributed by atoms with Crippen LogP contribution in [0.25, 0.3) is 0 Å². The lowest BCUT2D eigenvalue weighted by molar-refractivity contribution is 0.0555. The molecule has 0 radical (unpaired) electrons. The number of aromatic hydroxyl groups is 1. The molecule has 0 spiro atoms. The van der Waals surface area contributed by atoms with Gasteiger partial charge in [-0.1, -0.05) is 19.1 Å². The Hall–Kier alpha value is -1.06. The van der Waals surface area contributed by atoms with Crippen LogP contribution in [0.3, 0.4) is 0 Å². The molecule has 1 atom stereocenters. The Kier molecular flexibility index (Phi) is 4.12. The van der Waals surface area contributed by atoms with Crippen molar-refractivity contribution in [3.05, 3.63) is 29.8 Å². The number of rotatable bonds is 5. The van der Waals surface area contributed by atoms with Crippen molar-refractivity contribution in [2.75, 3.05) is 6.54 Å². The molecule has 0 bridgehead atoms. The molecule has 0 aliphatic rings. The number of aliphatic hydroxyl groups is 1. The summed E-state index contributed by atoms with van der Waals surface area (Å²) in [5.41, 5.74) is 0.360. The Balaban J connectivity index is 2.38. The van der Waals surface area contributed by atoms with E-state index >= 15 is 0 Å².